The minimum Gasteiger partial charge on any atom is -0.491 e. The number of amides is 2. The number of aryl methyl sites for hydroxylation is 2. The maximum absolute atomic E-state index is 14.7. The molecule has 3 atom stereocenters. The lowest BCUT2D eigenvalue weighted by molar-refractivity contribution is -0.118. The molecule has 630 valence electrons. The van der Waals surface area contributed by atoms with Crippen LogP contribution in [0.4, 0.5) is 22.7 Å². The Hall–Kier alpha value is -7.30. The predicted molar refractivity (Wildman–Crippen MR) is 470 cm³/mol. The van der Waals surface area contributed by atoms with Crippen molar-refractivity contribution in [1.82, 2.24) is 27.7 Å². The molecule has 6 aromatic rings. The summed E-state index contributed by atoms with van der Waals surface area (Å²) in [6.07, 6.45) is 58.5. The number of aliphatic imine (C=N–C) groups is 2. The van der Waals surface area contributed by atoms with E-state index in [1.54, 1.807) is 83.6 Å². The number of amidine groups is 2. The highest BCUT2D eigenvalue weighted by atomic mass is 32.2. The summed E-state index contributed by atoms with van der Waals surface area (Å²) in [6.45, 7) is 15.9. The zero-order valence-electron chi connectivity index (χ0n) is 70.7. The molecule has 4 heterocycles. The first kappa shape index (κ1) is 93.9. The van der Waals surface area contributed by atoms with Gasteiger partial charge in [-0.3, -0.25) is 18.2 Å². The molecule has 2 N–H and O–H groups in total. The fraction of sp³-hybridized carbons (Fsp3) is 0.620. The molecule has 0 saturated heterocycles. The van der Waals surface area contributed by atoms with E-state index < -0.39 is 44.0 Å². The Balaban J connectivity index is 0.000000317. The second kappa shape index (κ2) is 53.1. The van der Waals surface area contributed by atoms with Gasteiger partial charge in [-0.05, 0) is 111 Å². The molecule has 2 amide bonds. The molecule has 0 saturated carbocycles. The van der Waals surface area contributed by atoms with Crippen LogP contribution in [0.3, 0.4) is 0 Å². The molecule has 114 heavy (non-hydrogen) atoms. The fourth-order valence-corrected chi connectivity index (χ4v) is 19.3. The largest absolute Gasteiger partial charge is 0.491 e. The average molecular weight is 1630 g/mol. The zero-order chi connectivity index (χ0) is 81.6. The van der Waals surface area contributed by atoms with E-state index in [0.29, 0.717) is 42.5 Å². The van der Waals surface area contributed by atoms with E-state index in [-0.39, 0.29) is 51.8 Å². The highest BCUT2D eigenvalue weighted by Gasteiger charge is 2.43. The molecule has 2 aliphatic rings. The van der Waals surface area contributed by atoms with Crippen LogP contribution in [-0.2, 0) is 34.4 Å². The van der Waals surface area contributed by atoms with Gasteiger partial charge in [0.15, 0.2) is 29.4 Å². The van der Waals surface area contributed by atoms with Crippen LogP contribution < -0.4 is 15.4 Å². The first-order chi connectivity index (χ1) is 55.5. The Bertz CT molecular complexity index is 4070. The van der Waals surface area contributed by atoms with Gasteiger partial charge in [0.05, 0.1) is 49.1 Å². The number of benzene rings is 4. The molecule has 19 nitrogen and oxygen atoms in total. The van der Waals surface area contributed by atoms with Gasteiger partial charge in [0.25, 0.3) is 31.9 Å². The number of para-hydroxylation sites is 2. The van der Waals surface area contributed by atoms with E-state index in [1.165, 1.54) is 219 Å². The molecule has 0 radical (unpaired) electrons. The van der Waals surface area contributed by atoms with Crippen molar-refractivity contribution in [2.45, 2.75) is 345 Å². The summed E-state index contributed by atoms with van der Waals surface area (Å²) in [6, 6.07) is 22.8. The lowest BCUT2D eigenvalue weighted by Gasteiger charge is -2.33. The number of carbonyl (C=O) groups is 3. The Morgan fingerprint density at radius 1 is 0.474 bits per heavy atom. The number of unbranched alkanes of at least 4 members (excludes halogenated alkanes) is 36. The quantitative estimate of drug-likeness (QED) is 0.0206. The van der Waals surface area contributed by atoms with Crippen LogP contribution in [0.5, 0.6) is 5.75 Å². The van der Waals surface area contributed by atoms with Crippen molar-refractivity contribution in [3.05, 3.63) is 133 Å². The van der Waals surface area contributed by atoms with Gasteiger partial charge in [-0.15, -0.1) is 11.8 Å². The van der Waals surface area contributed by atoms with E-state index >= 15 is 0 Å². The summed E-state index contributed by atoms with van der Waals surface area (Å²) in [5, 5.41) is 6.24. The number of sulfonamides is 2. The number of thioether (sulfide) groups is 1. The second-order valence-electron chi connectivity index (χ2n) is 31.5. The smallest absolute Gasteiger partial charge is 0.358 e. The molecule has 0 spiro atoms. The van der Waals surface area contributed by atoms with Crippen molar-refractivity contribution in [1.29, 1.82) is 0 Å². The molecule has 22 heteroatoms. The van der Waals surface area contributed by atoms with Gasteiger partial charge in [0, 0.05) is 36.6 Å². The van der Waals surface area contributed by atoms with Crippen molar-refractivity contribution in [3.8, 4) is 5.75 Å². The maximum atomic E-state index is 14.7. The van der Waals surface area contributed by atoms with Gasteiger partial charge in [-0.2, -0.15) is 0 Å². The first-order valence-electron chi connectivity index (χ1n) is 44.1. The monoisotopic (exact) mass is 1620 g/mol. The SMILES string of the molecule is CCCCCCCCCCCCCCCCCCN1C(C(C(=O)Nc2cc(C)ccc2OCC(CC)CCCC)n2cnc(C(=O)OC)c2)=Nc2ccccc2S1(=O)=O.CCCCCCCCCCCCCCCCCCN1C(C(C(=O)Nc2cc(C)ccc2SCCCCCCCC)n2ccnc2)=Nc2ccccc2S1(=O)=O. The summed E-state index contributed by atoms with van der Waals surface area (Å²) in [4.78, 5) is 61.2. The fourth-order valence-electron chi connectivity index (χ4n) is 15.0. The summed E-state index contributed by atoms with van der Waals surface area (Å²) < 4.78 is 74.4. The number of carbonyl (C=O) groups excluding carboxylic acids is 3. The van der Waals surface area contributed by atoms with Crippen molar-refractivity contribution in [2.24, 2.45) is 15.9 Å². The van der Waals surface area contributed by atoms with Crippen LogP contribution in [0.15, 0.2) is 141 Å². The predicted octanol–water partition coefficient (Wildman–Crippen LogP) is 24.6. The van der Waals surface area contributed by atoms with Crippen LogP contribution in [0.25, 0.3) is 0 Å². The molecule has 3 unspecified atom stereocenters. The van der Waals surface area contributed by atoms with Crippen LogP contribution >= 0.6 is 11.8 Å². The Kier molecular flexibility index (Phi) is 43.7. The highest BCUT2D eigenvalue weighted by Crippen LogP contribution is 2.40. The lowest BCUT2D eigenvalue weighted by atomic mass is 10.0. The third kappa shape index (κ3) is 31.0. The third-order valence-corrected chi connectivity index (χ3v) is 26.8. The first-order valence-corrected chi connectivity index (χ1v) is 48.0. The van der Waals surface area contributed by atoms with Crippen molar-refractivity contribution >= 4 is 84.0 Å². The lowest BCUT2D eigenvalue weighted by Crippen LogP contribution is -2.47. The number of hydrogen-bond donors (Lipinski definition) is 2. The number of esters is 1. The summed E-state index contributed by atoms with van der Waals surface area (Å²) in [7, 11) is -6.79. The number of anilines is 2. The number of aromatic nitrogens is 4. The number of fused-ring (bicyclic) bond motifs is 2. The molecule has 2 aliphatic heterocycles. The topological polar surface area (TPSA) is 229 Å². The average Bonchev–Trinajstić information content (AvgIpc) is 1.04. The van der Waals surface area contributed by atoms with Gasteiger partial charge >= 0.3 is 5.97 Å². The number of nitrogens with zero attached hydrogens (tertiary/aromatic N) is 8. The minimum atomic E-state index is -4.10. The van der Waals surface area contributed by atoms with Gasteiger partial charge < -0.3 is 29.2 Å². The van der Waals surface area contributed by atoms with Crippen LogP contribution in [-0.4, -0.2) is 107 Å². The van der Waals surface area contributed by atoms with Crippen LogP contribution in [0, 0.1) is 19.8 Å². The Labute approximate surface area is 690 Å². The molecule has 4 aromatic carbocycles. The van der Waals surface area contributed by atoms with E-state index in [9.17, 15) is 31.2 Å². The van der Waals surface area contributed by atoms with Gasteiger partial charge in [0.1, 0.15) is 15.5 Å². The van der Waals surface area contributed by atoms with Gasteiger partial charge in [-0.25, -0.2) is 41.6 Å². The van der Waals surface area contributed by atoms with Gasteiger partial charge in [-0.1, -0.05) is 315 Å². The Morgan fingerprint density at radius 3 is 1.32 bits per heavy atom. The van der Waals surface area contributed by atoms with Crippen LogP contribution in [0.2, 0.25) is 0 Å². The highest BCUT2D eigenvalue weighted by molar-refractivity contribution is 7.99. The van der Waals surface area contributed by atoms with Crippen molar-refractivity contribution in [2.75, 3.05) is 43.2 Å². The zero-order valence-corrected chi connectivity index (χ0v) is 73.2. The number of rotatable bonds is 58. The number of ether oxygens (including phenoxy) is 2. The third-order valence-electron chi connectivity index (χ3n) is 21.9. The van der Waals surface area contributed by atoms with Crippen LogP contribution in [0.1, 0.15) is 338 Å². The summed E-state index contributed by atoms with van der Waals surface area (Å²) >= 11 is 1.75. The van der Waals surface area contributed by atoms with E-state index in [4.69, 9.17) is 19.5 Å². The number of hydrogen-bond acceptors (Lipinski definition) is 14. The summed E-state index contributed by atoms with van der Waals surface area (Å²) in [5.74, 6) is 0.494. The van der Waals surface area contributed by atoms with E-state index in [2.05, 4.69) is 67.4 Å². The second-order valence-corrected chi connectivity index (χ2v) is 36.3. The van der Waals surface area contributed by atoms with Gasteiger partial charge in [0.2, 0.25) is 0 Å². The van der Waals surface area contributed by atoms with Crippen molar-refractivity contribution in [3.63, 3.8) is 0 Å². The molecule has 2 aromatic heterocycles. The Morgan fingerprint density at radius 2 is 0.886 bits per heavy atom. The molecular formula is C92H140N10O9S3. The molecule has 0 aliphatic carbocycles. The van der Waals surface area contributed by atoms with E-state index in [1.807, 2.05) is 38.1 Å². The van der Waals surface area contributed by atoms with Crippen molar-refractivity contribution < 1.29 is 40.7 Å². The molecule has 0 bridgehead atoms. The number of methoxy groups -OCH3 is 1. The minimum absolute atomic E-state index is 0.0217. The normalized spacial score (nSPS) is 14.2. The maximum Gasteiger partial charge on any atom is 0.358 e. The van der Waals surface area contributed by atoms with E-state index in [0.717, 1.165) is 98.1 Å². The molecule has 8 rings (SSSR count). The summed E-state index contributed by atoms with van der Waals surface area (Å²) in [5.41, 5.74) is 3.72. The standard InChI is InChI=1S/C47H71N5O6S.C45H69N5O3S2/c1-6-9-11-12-13-14-15-16-17-18-19-20-21-22-23-26-32-52-45(49-39-28-24-25-29-43(39)59(52,55)56)44(51-34-41(48-36-51)47(54)57-5)46(53)50-40-33-37(4)30-31-42(40)58-35-38(8-3)27-10-7-2;1-4-6-8-10-12-13-14-15-16-17-18-19-20-21-22-26-33-50-44(47-39-28-24-25-29-42(39)55(50,52)53)43(49-34-32-46-37-49)45(51)48-40-36-38(3)30-31-41(40)54-35-27-23-11-9-7-5-2/h24-25,28-31,33-34,36,38,44H,6-23,26-27,32,35H2,1-5H3,(H,50,53);24-25,28-32,34,36-37,43H,4-23,26-27,33,35H2,1-3H3,(H,48,51). The molecule has 0 fully saturated rings. The number of nitrogens with one attached hydrogen (secondary N) is 2. The molecular weight excluding hydrogens is 1490 g/mol. The number of imidazole rings is 2.